The summed E-state index contributed by atoms with van der Waals surface area (Å²) in [7, 11) is 2.29. The molecule has 0 fully saturated rings. The molecule has 0 radical (unpaired) electrons. The molecule has 0 aliphatic carbocycles. The summed E-state index contributed by atoms with van der Waals surface area (Å²) in [6.45, 7) is 7.01. The van der Waals surface area contributed by atoms with Crippen molar-refractivity contribution in [3.05, 3.63) is 0 Å². The summed E-state index contributed by atoms with van der Waals surface area (Å²) in [5, 5.41) is 0. The van der Waals surface area contributed by atoms with Crippen LogP contribution in [0, 0.1) is 0 Å². The molecule has 0 aromatic carbocycles. The van der Waals surface area contributed by atoms with Crippen molar-refractivity contribution in [3.8, 4) is 0 Å². The van der Waals surface area contributed by atoms with E-state index in [0.717, 1.165) is 10.5 Å². The largest absolute Gasteiger partial charge is 1.00 e. The van der Waals surface area contributed by atoms with E-state index in [1.54, 1.807) is 0 Å². The van der Waals surface area contributed by atoms with Gasteiger partial charge in [-0.1, -0.05) is 38.3 Å². The molecule has 0 bridgehead atoms. The van der Waals surface area contributed by atoms with Crippen LogP contribution in [0.3, 0.4) is 0 Å². The summed E-state index contributed by atoms with van der Waals surface area (Å²) in [4.78, 5) is 0. The number of hydrogen-bond donors (Lipinski definition) is 0. The summed E-state index contributed by atoms with van der Waals surface area (Å²) in [5.41, 5.74) is 0. The highest BCUT2D eigenvalue weighted by atomic mass is 79.9. The van der Waals surface area contributed by atoms with E-state index in [1.165, 1.54) is 51.6 Å². The number of hydrogen-bond acceptors (Lipinski definition) is 0. The third-order valence-corrected chi connectivity index (χ3v) is 3.47. The van der Waals surface area contributed by atoms with Crippen molar-refractivity contribution in [2.75, 3.05) is 26.1 Å². The number of quaternary nitrogens is 1. The molecular weight excluding hydrogens is 273 g/mol. The lowest BCUT2D eigenvalue weighted by atomic mass is 10.2. The first-order chi connectivity index (χ1) is 6.68. The average Bonchev–Trinajstić information content (AvgIpc) is 2.19. The Bertz CT molecular complexity index is 121. The molecule has 0 atom stereocenters. The molecule has 0 saturated carbocycles. The van der Waals surface area contributed by atoms with Crippen molar-refractivity contribution in [1.29, 1.82) is 0 Å². The minimum absolute atomic E-state index is 0. The van der Waals surface area contributed by atoms with E-state index >= 15 is 0 Å². The third-order valence-electron chi connectivity index (χ3n) is 2.89. The summed E-state index contributed by atoms with van der Waals surface area (Å²) in [6.07, 6.45) is 7.95. The Morgan fingerprint density at radius 1 is 0.867 bits per heavy atom. The molecule has 0 aromatic heterocycles. The molecule has 0 aliphatic rings. The molecule has 0 spiro atoms. The minimum atomic E-state index is 0. The number of alkyl halides is 1. The first-order valence-corrected chi connectivity index (χ1v) is 6.61. The van der Waals surface area contributed by atoms with Gasteiger partial charge in [0.1, 0.15) is 0 Å². The normalized spacial score (nSPS) is 11.2. The number of unbranched alkanes of at least 4 members (excludes halogenated alkanes) is 4. The van der Waals surface area contributed by atoms with Crippen LogP contribution in [0.1, 0.15) is 52.4 Å². The van der Waals surface area contributed by atoms with Crippen molar-refractivity contribution in [1.82, 2.24) is 0 Å². The fourth-order valence-electron chi connectivity index (χ4n) is 1.72. The van der Waals surface area contributed by atoms with Crippen molar-refractivity contribution in [2.24, 2.45) is 0 Å². The van der Waals surface area contributed by atoms with E-state index in [4.69, 9.17) is 11.6 Å². The van der Waals surface area contributed by atoms with Crippen molar-refractivity contribution in [3.63, 3.8) is 0 Å². The van der Waals surface area contributed by atoms with Gasteiger partial charge in [0, 0.05) is 0 Å². The average molecular weight is 301 g/mol. The van der Waals surface area contributed by atoms with Crippen LogP contribution in [0.5, 0.6) is 0 Å². The van der Waals surface area contributed by atoms with Crippen molar-refractivity contribution >= 4 is 11.6 Å². The zero-order valence-electron chi connectivity index (χ0n) is 10.6. The summed E-state index contributed by atoms with van der Waals surface area (Å²) >= 11 is 6.04. The van der Waals surface area contributed by atoms with Crippen LogP contribution in [0.2, 0.25) is 0 Å². The molecule has 15 heavy (non-hydrogen) atoms. The van der Waals surface area contributed by atoms with Crippen molar-refractivity contribution in [2.45, 2.75) is 52.4 Å². The van der Waals surface area contributed by atoms with Gasteiger partial charge in [-0.25, -0.2) is 0 Å². The van der Waals surface area contributed by atoms with Crippen LogP contribution in [-0.2, 0) is 0 Å². The van der Waals surface area contributed by atoms with Crippen LogP contribution >= 0.6 is 11.6 Å². The number of nitrogens with zero attached hydrogens (tertiary/aromatic N) is 1. The maximum Gasteiger partial charge on any atom is 0.154 e. The Morgan fingerprint density at radius 3 is 1.53 bits per heavy atom. The summed E-state index contributed by atoms with van der Waals surface area (Å²) in [6, 6.07) is 0.771. The Morgan fingerprint density at radius 2 is 1.27 bits per heavy atom. The van der Waals surface area contributed by atoms with Gasteiger partial charge in [0.15, 0.2) is 6.00 Å². The molecule has 1 nitrogen and oxygen atoms in total. The monoisotopic (exact) mass is 299 g/mol. The fraction of sp³-hybridized carbons (Fsp3) is 1.00. The molecule has 3 heteroatoms. The lowest BCUT2D eigenvalue weighted by molar-refractivity contribution is -0.899. The zero-order chi connectivity index (χ0) is 10.9. The quantitative estimate of drug-likeness (QED) is 0.258. The van der Waals surface area contributed by atoms with Crippen molar-refractivity contribution < 1.29 is 21.5 Å². The topological polar surface area (TPSA) is 0 Å². The molecule has 0 amide bonds. The fourth-order valence-corrected chi connectivity index (χ4v) is 1.96. The van der Waals surface area contributed by atoms with Gasteiger partial charge in [0.25, 0.3) is 0 Å². The molecule has 94 valence electrons. The smallest absolute Gasteiger partial charge is 0.154 e. The first kappa shape index (κ1) is 18.1. The third kappa shape index (κ3) is 9.65. The van der Waals surface area contributed by atoms with Gasteiger partial charge in [-0.05, 0) is 25.7 Å². The van der Waals surface area contributed by atoms with Gasteiger partial charge in [-0.15, -0.1) is 0 Å². The second kappa shape index (κ2) is 11.2. The van der Waals surface area contributed by atoms with E-state index in [-0.39, 0.29) is 17.0 Å². The van der Waals surface area contributed by atoms with E-state index in [2.05, 4.69) is 20.9 Å². The van der Waals surface area contributed by atoms with Crippen LogP contribution < -0.4 is 17.0 Å². The number of halogens is 2. The summed E-state index contributed by atoms with van der Waals surface area (Å²) < 4.78 is 1.06. The zero-order valence-corrected chi connectivity index (χ0v) is 12.9. The second-order valence-corrected chi connectivity index (χ2v) is 4.84. The van der Waals surface area contributed by atoms with Gasteiger partial charge in [-0.3, -0.25) is 0 Å². The molecule has 0 aromatic rings. The molecule has 0 aliphatic heterocycles. The molecule has 0 unspecified atom stereocenters. The van der Waals surface area contributed by atoms with Gasteiger partial charge in [0.2, 0.25) is 0 Å². The van der Waals surface area contributed by atoms with E-state index in [1.807, 2.05) is 0 Å². The SMILES string of the molecule is CCCCC[N+](C)(CCl)CCCCC.[Br-]. The highest BCUT2D eigenvalue weighted by Crippen LogP contribution is 2.11. The van der Waals surface area contributed by atoms with Gasteiger partial charge < -0.3 is 21.5 Å². The standard InChI is InChI=1S/C12H27ClN.BrH/c1-4-6-8-10-14(3,12-13)11-9-7-5-2;/h4-12H2,1-3H3;1H/q+1;/p-1. The minimum Gasteiger partial charge on any atom is -1.00 e. The lowest BCUT2D eigenvalue weighted by Crippen LogP contribution is -3.00. The molecule has 0 N–H and O–H groups in total. The van der Waals surface area contributed by atoms with Gasteiger partial charge in [-0.2, -0.15) is 0 Å². The molecule has 0 saturated heterocycles. The van der Waals surface area contributed by atoms with Gasteiger partial charge >= 0.3 is 0 Å². The maximum atomic E-state index is 6.04. The molecule has 0 heterocycles. The van der Waals surface area contributed by atoms with E-state index < -0.39 is 0 Å². The highest BCUT2D eigenvalue weighted by molar-refractivity contribution is 6.16. The van der Waals surface area contributed by atoms with Crippen LogP contribution in [0.4, 0.5) is 0 Å². The maximum absolute atomic E-state index is 6.04. The Kier molecular flexibility index (Phi) is 13.5. The van der Waals surface area contributed by atoms with Gasteiger partial charge in [0.05, 0.1) is 20.1 Å². The first-order valence-electron chi connectivity index (χ1n) is 6.08. The lowest BCUT2D eigenvalue weighted by Gasteiger charge is -2.32. The molecule has 0 rings (SSSR count). The Balaban J connectivity index is 0. The second-order valence-electron chi connectivity index (χ2n) is 4.60. The Labute approximate surface area is 112 Å². The van der Waals surface area contributed by atoms with Crippen LogP contribution in [0.25, 0.3) is 0 Å². The Hall–Kier alpha value is 0.730. The predicted molar refractivity (Wildman–Crippen MR) is 65.7 cm³/mol. The highest BCUT2D eigenvalue weighted by Gasteiger charge is 2.18. The van der Waals surface area contributed by atoms with Crippen LogP contribution in [0.15, 0.2) is 0 Å². The molecular formula is C12H27BrClN. The summed E-state index contributed by atoms with van der Waals surface area (Å²) in [5.74, 6) is 0. The predicted octanol–water partition coefficient (Wildman–Crippen LogP) is 1.01. The van der Waals surface area contributed by atoms with Crippen LogP contribution in [-0.4, -0.2) is 30.6 Å². The van der Waals surface area contributed by atoms with E-state index in [9.17, 15) is 0 Å². The number of rotatable bonds is 9. The van der Waals surface area contributed by atoms with E-state index in [0.29, 0.717) is 0 Å².